The van der Waals surface area contributed by atoms with Crippen molar-refractivity contribution in [1.82, 2.24) is 0 Å². The van der Waals surface area contributed by atoms with Gasteiger partial charge in [0, 0.05) is 0 Å². The van der Waals surface area contributed by atoms with E-state index in [0.29, 0.717) is 15.9 Å². The molecule has 0 radical (unpaired) electrons. The average molecular weight is 465 g/mol. The van der Waals surface area contributed by atoms with Gasteiger partial charge in [0.05, 0.1) is 0 Å². The molecule has 0 aliphatic rings. The van der Waals surface area contributed by atoms with Crippen LogP contribution in [0.3, 0.4) is 0 Å². The third-order valence-electron chi connectivity index (χ3n) is 2.18. The van der Waals surface area contributed by atoms with Gasteiger partial charge in [-0.05, 0) is 0 Å². The molecular formula is C7BrF15O. The van der Waals surface area contributed by atoms with Crippen LogP contribution in [-0.4, -0.2) is 41.0 Å². The maximum atomic E-state index is 13.1. The summed E-state index contributed by atoms with van der Waals surface area (Å²) in [6, 6.07) is 0. The molecule has 0 heterocycles. The van der Waals surface area contributed by atoms with Crippen molar-refractivity contribution in [1.29, 1.82) is 0 Å². The molecule has 0 saturated heterocycles. The van der Waals surface area contributed by atoms with E-state index in [1.165, 1.54) is 4.74 Å². The molecule has 0 bridgehead atoms. The second-order valence-corrected chi connectivity index (χ2v) is 5.05. The minimum Gasteiger partial charge on any atom is -0.266 e. The van der Waals surface area contributed by atoms with Crippen molar-refractivity contribution in [3.63, 3.8) is 0 Å². The highest BCUT2D eigenvalue weighted by Crippen LogP contribution is 2.61. The molecule has 0 saturated carbocycles. The van der Waals surface area contributed by atoms with E-state index in [4.69, 9.17) is 0 Å². The fraction of sp³-hybridized carbons (Fsp3) is 1.00. The summed E-state index contributed by atoms with van der Waals surface area (Å²) < 4.78 is 179. The molecule has 0 fully saturated rings. The highest BCUT2D eigenvalue weighted by Gasteiger charge is 2.87. The molecule has 17 heteroatoms. The van der Waals surface area contributed by atoms with Crippen molar-refractivity contribution >= 4 is 15.9 Å². The molecule has 146 valence electrons. The van der Waals surface area contributed by atoms with Crippen LogP contribution in [0.2, 0.25) is 0 Å². The van der Waals surface area contributed by atoms with E-state index < -0.39 is 41.0 Å². The third-order valence-corrected chi connectivity index (χ3v) is 3.54. The normalized spacial score (nSPS) is 16.5. The van der Waals surface area contributed by atoms with Gasteiger partial charge in [0.1, 0.15) is 0 Å². The molecule has 0 unspecified atom stereocenters. The van der Waals surface area contributed by atoms with Crippen LogP contribution in [0, 0.1) is 0 Å². The highest BCUT2D eigenvalue weighted by atomic mass is 79.9. The van der Waals surface area contributed by atoms with E-state index >= 15 is 0 Å². The summed E-state index contributed by atoms with van der Waals surface area (Å²) in [6.07, 6.45) is -36.9. The van der Waals surface area contributed by atoms with Crippen LogP contribution in [0.4, 0.5) is 65.9 Å². The molecule has 0 aromatic heterocycles. The summed E-state index contributed by atoms with van der Waals surface area (Å²) in [6.45, 7) is 0. The van der Waals surface area contributed by atoms with Crippen LogP contribution in [0.15, 0.2) is 0 Å². The van der Waals surface area contributed by atoms with E-state index in [-0.39, 0.29) is 0 Å². The molecular weight excluding hydrogens is 465 g/mol. The maximum absolute atomic E-state index is 13.1. The smallest absolute Gasteiger partial charge is 0.266 e. The largest absolute Gasteiger partial charge is 0.458 e. The maximum Gasteiger partial charge on any atom is 0.458 e. The topological polar surface area (TPSA) is 9.23 Å². The summed E-state index contributed by atoms with van der Waals surface area (Å²) in [5.74, 6) is -7.53. The van der Waals surface area contributed by atoms with Crippen molar-refractivity contribution in [2.45, 2.75) is 41.0 Å². The van der Waals surface area contributed by atoms with Crippen molar-refractivity contribution in [2.75, 3.05) is 0 Å². The van der Waals surface area contributed by atoms with Gasteiger partial charge in [-0.1, -0.05) is 15.9 Å². The fourth-order valence-corrected chi connectivity index (χ4v) is 1.10. The second kappa shape index (κ2) is 5.70. The molecule has 0 aromatic carbocycles. The first-order chi connectivity index (χ1) is 9.96. The Labute approximate surface area is 128 Å². The quantitative estimate of drug-likeness (QED) is 0.387. The lowest BCUT2D eigenvalue weighted by Gasteiger charge is -2.41. The van der Waals surface area contributed by atoms with Crippen LogP contribution < -0.4 is 0 Å². The van der Waals surface area contributed by atoms with E-state index in [1.807, 2.05) is 0 Å². The minimum atomic E-state index is -7.53. The van der Waals surface area contributed by atoms with Gasteiger partial charge in [-0.15, -0.1) is 0 Å². The minimum absolute atomic E-state index is 0.308. The van der Waals surface area contributed by atoms with E-state index in [1.54, 1.807) is 0 Å². The van der Waals surface area contributed by atoms with Gasteiger partial charge in [0.25, 0.3) is 0 Å². The Hall–Kier alpha value is -0.610. The zero-order chi connectivity index (χ0) is 20.2. The number of rotatable bonds is 3. The summed E-state index contributed by atoms with van der Waals surface area (Å²) >= 11 is 0.308. The van der Waals surface area contributed by atoms with Crippen LogP contribution in [0.5, 0.6) is 0 Å². The molecule has 0 N–H and O–H groups in total. The van der Waals surface area contributed by atoms with Crippen molar-refractivity contribution in [3.8, 4) is 0 Å². The first kappa shape index (κ1) is 23.4. The predicted octanol–water partition coefficient (Wildman–Crippen LogP) is 5.64. The summed E-state index contributed by atoms with van der Waals surface area (Å²) in [4.78, 5) is 0. The summed E-state index contributed by atoms with van der Waals surface area (Å²) in [5, 5.41) is 0. The van der Waals surface area contributed by atoms with E-state index in [2.05, 4.69) is 0 Å². The zero-order valence-electron chi connectivity index (χ0n) is 9.96. The fourth-order valence-electron chi connectivity index (χ4n) is 1.01. The van der Waals surface area contributed by atoms with Crippen LogP contribution in [0.1, 0.15) is 0 Å². The Morgan fingerprint density at radius 2 is 0.708 bits per heavy atom. The first-order valence-corrected chi connectivity index (χ1v) is 5.47. The number of hydrogen-bond donors (Lipinski definition) is 0. The third kappa shape index (κ3) is 3.50. The Morgan fingerprint density at radius 3 is 0.875 bits per heavy atom. The van der Waals surface area contributed by atoms with Crippen LogP contribution >= 0.6 is 15.9 Å². The molecule has 1 nitrogen and oxygen atoms in total. The van der Waals surface area contributed by atoms with Gasteiger partial charge in [0.2, 0.25) is 0 Å². The molecule has 24 heavy (non-hydrogen) atoms. The monoisotopic (exact) mass is 464 g/mol. The molecule has 0 atom stereocenters. The molecule has 0 amide bonds. The lowest BCUT2D eigenvalue weighted by Crippen LogP contribution is -2.68. The van der Waals surface area contributed by atoms with Crippen LogP contribution in [-0.2, 0) is 4.74 Å². The molecule has 0 aromatic rings. The van der Waals surface area contributed by atoms with Crippen LogP contribution in [0.25, 0.3) is 0 Å². The predicted molar refractivity (Wildman–Crippen MR) is 45.7 cm³/mol. The first-order valence-electron chi connectivity index (χ1n) is 4.68. The standard InChI is InChI=1S/C7BrF15O/c8-1(3(10,11)12,4(13,14)15)7(22,23)24-2(9,5(16,17)18)6(19,20)21. The number of hydrogen-bond acceptors (Lipinski definition) is 1. The second-order valence-electron chi connectivity index (χ2n) is 3.86. The SMILES string of the molecule is FC(F)(F)C(F)(OC(F)(F)C(Br)(C(F)(F)F)C(F)(F)F)C(F)(F)F. The van der Waals surface area contributed by atoms with Gasteiger partial charge in [-0.3, -0.25) is 4.74 Å². The Kier molecular flexibility index (Phi) is 5.56. The zero-order valence-corrected chi connectivity index (χ0v) is 11.5. The van der Waals surface area contributed by atoms with E-state index in [9.17, 15) is 65.9 Å². The van der Waals surface area contributed by atoms with Crippen molar-refractivity contribution in [3.05, 3.63) is 0 Å². The lowest BCUT2D eigenvalue weighted by molar-refractivity contribution is -0.501. The highest BCUT2D eigenvalue weighted by molar-refractivity contribution is 9.10. The van der Waals surface area contributed by atoms with Crippen molar-refractivity contribution < 1.29 is 70.6 Å². The van der Waals surface area contributed by atoms with Gasteiger partial charge in [0.15, 0.2) is 0 Å². The number of alkyl halides is 16. The van der Waals surface area contributed by atoms with Crippen molar-refractivity contribution in [2.24, 2.45) is 0 Å². The Bertz CT molecular complexity index is 424. The molecule has 0 rings (SSSR count). The lowest BCUT2D eigenvalue weighted by atomic mass is 10.1. The van der Waals surface area contributed by atoms with Gasteiger partial charge >= 0.3 is 41.0 Å². The Morgan fingerprint density at radius 1 is 0.458 bits per heavy atom. The van der Waals surface area contributed by atoms with E-state index in [0.717, 1.165) is 0 Å². The van der Waals surface area contributed by atoms with Gasteiger partial charge in [-0.25, -0.2) is 0 Å². The Balaban J connectivity index is 6.42. The molecule has 0 spiro atoms. The molecule has 0 aliphatic carbocycles. The molecule has 0 aliphatic heterocycles. The van der Waals surface area contributed by atoms with Gasteiger partial charge < -0.3 is 0 Å². The number of ether oxygens (including phenoxy) is 1. The summed E-state index contributed by atoms with van der Waals surface area (Å²) in [5.41, 5.74) is 0. The summed E-state index contributed by atoms with van der Waals surface area (Å²) in [7, 11) is 0. The number of halogens is 16. The average Bonchev–Trinajstić information content (AvgIpc) is 2.20. The van der Waals surface area contributed by atoms with Gasteiger partial charge in [-0.2, -0.15) is 65.9 Å².